The molecule has 7 nitrogen and oxygen atoms in total. The summed E-state index contributed by atoms with van der Waals surface area (Å²) in [5, 5.41) is 4.14. The van der Waals surface area contributed by atoms with Crippen molar-refractivity contribution < 1.29 is 14.3 Å². The highest BCUT2D eigenvalue weighted by molar-refractivity contribution is 7.16. The van der Waals surface area contributed by atoms with Crippen LogP contribution < -0.4 is 9.54 Å². The van der Waals surface area contributed by atoms with Crippen molar-refractivity contribution in [1.29, 1.82) is 0 Å². The summed E-state index contributed by atoms with van der Waals surface area (Å²) in [6.45, 7) is 6.27. The maximum Gasteiger partial charge on any atom is 0.297 e. The quantitative estimate of drug-likeness (QED) is 0.637. The van der Waals surface area contributed by atoms with Crippen molar-refractivity contribution in [3.05, 3.63) is 41.0 Å². The molecule has 3 aromatic rings. The Balaban J connectivity index is 2.09. The Morgan fingerprint density at radius 3 is 2.88 bits per heavy atom. The van der Waals surface area contributed by atoms with Gasteiger partial charge in [-0.2, -0.15) is 10.1 Å². The van der Waals surface area contributed by atoms with Gasteiger partial charge < -0.3 is 14.0 Å². The van der Waals surface area contributed by atoms with Gasteiger partial charge in [-0.1, -0.05) is 11.3 Å². The Kier molecular flexibility index (Phi) is 5.85. The number of aromatic nitrogens is 3. The zero-order chi connectivity index (χ0) is 18.5. The number of carbonyl (C=O) groups is 1. The van der Waals surface area contributed by atoms with Gasteiger partial charge in [-0.25, -0.2) is 0 Å². The molecule has 0 radical (unpaired) electrons. The first kappa shape index (κ1) is 18.3. The van der Waals surface area contributed by atoms with E-state index in [2.05, 4.69) is 10.1 Å². The SMILES string of the molecule is CCOc1ccc2c(c1)sc(=NC(=O)c1ccnn1CC)n2CCOC. The molecule has 138 valence electrons. The normalized spacial score (nSPS) is 12.0. The molecule has 0 N–H and O–H groups in total. The van der Waals surface area contributed by atoms with E-state index in [0.717, 1.165) is 16.0 Å². The number of nitrogens with zero attached hydrogens (tertiary/aromatic N) is 4. The molecule has 0 atom stereocenters. The molecule has 0 saturated carbocycles. The average molecular weight is 374 g/mol. The summed E-state index contributed by atoms with van der Waals surface area (Å²) in [6, 6.07) is 7.59. The number of carbonyl (C=O) groups excluding carboxylic acids is 1. The van der Waals surface area contributed by atoms with Crippen molar-refractivity contribution in [2.45, 2.75) is 26.9 Å². The van der Waals surface area contributed by atoms with E-state index in [9.17, 15) is 4.79 Å². The van der Waals surface area contributed by atoms with Crippen molar-refractivity contribution in [1.82, 2.24) is 14.3 Å². The lowest BCUT2D eigenvalue weighted by molar-refractivity contribution is 0.0987. The summed E-state index contributed by atoms with van der Waals surface area (Å²) in [7, 11) is 1.66. The largest absolute Gasteiger partial charge is 0.494 e. The highest BCUT2D eigenvalue weighted by Crippen LogP contribution is 2.23. The maximum absolute atomic E-state index is 12.6. The van der Waals surface area contributed by atoms with E-state index in [1.54, 1.807) is 24.1 Å². The van der Waals surface area contributed by atoms with Crippen LogP contribution in [-0.4, -0.2) is 40.6 Å². The van der Waals surface area contributed by atoms with Gasteiger partial charge in [0.1, 0.15) is 11.4 Å². The van der Waals surface area contributed by atoms with Crippen LogP contribution >= 0.6 is 11.3 Å². The second-order valence-corrected chi connectivity index (χ2v) is 6.55. The van der Waals surface area contributed by atoms with Gasteiger partial charge in [0.15, 0.2) is 4.80 Å². The molecular formula is C18H22N4O3S. The molecule has 2 heterocycles. The van der Waals surface area contributed by atoms with Crippen LogP contribution in [0.3, 0.4) is 0 Å². The predicted molar refractivity (Wildman–Crippen MR) is 101 cm³/mol. The number of hydrogen-bond acceptors (Lipinski definition) is 5. The molecule has 2 aromatic heterocycles. The van der Waals surface area contributed by atoms with Crippen molar-refractivity contribution >= 4 is 27.5 Å². The Labute approximate surface area is 155 Å². The van der Waals surface area contributed by atoms with Crippen LogP contribution in [0.5, 0.6) is 5.75 Å². The molecule has 0 aliphatic heterocycles. The Morgan fingerprint density at radius 1 is 1.31 bits per heavy atom. The first-order chi connectivity index (χ1) is 12.7. The summed E-state index contributed by atoms with van der Waals surface area (Å²) in [5.74, 6) is 0.509. The minimum Gasteiger partial charge on any atom is -0.494 e. The van der Waals surface area contributed by atoms with Crippen molar-refractivity contribution in [2.75, 3.05) is 20.3 Å². The van der Waals surface area contributed by atoms with Gasteiger partial charge in [-0.05, 0) is 38.1 Å². The summed E-state index contributed by atoms with van der Waals surface area (Å²) >= 11 is 1.46. The minimum absolute atomic E-state index is 0.299. The average Bonchev–Trinajstić information content (AvgIpc) is 3.24. The van der Waals surface area contributed by atoms with E-state index in [-0.39, 0.29) is 5.91 Å². The number of ether oxygens (including phenoxy) is 2. The smallest absolute Gasteiger partial charge is 0.297 e. The molecule has 0 spiro atoms. The van der Waals surface area contributed by atoms with E-state index in [1.165, 1.54) is 11.3 Å². The summed E-state index contributed by atoms with van der Waals surface area (Å²) < 4.78 is 15.5. The fourth-order valence-electron chi connectivity index (χ4n) is 2.70. The zero-order valence-electron chi connectivity index (χ0n) is 15.1. The monoisotopic (exact) mass is 374 g/mol. The number of hydrogen-bond donors (Lipinski definition) is 0. The lowest BCUT2D eigenvalue weighted by Gasteiger charge is -2.06. The van der Waals surface area contributed by atoms with Crippen molar-refractivity contribution in [3.63, 3.8) is 0 Å². The highest BCUT2D eigenvalue weighted by atomic mass is 32.1. The zero-order valence-corrected chi connectivity index (χ0v) is 16.0. The number of aryl methyl sites for hydroxylation is 1. The van der Waals surface area contributed by atoms with Gasteiger partial charge in [0.25, 0.3) is 5.91 Å². The summed E-state index contributed by atoms with van der Waals surface area (Å²) in [5.41, 5.74) is 1.49. The van der Waals surface area contributed by atoms with Crippen LogP contribution in [0, 0.1) is 0 Å². The molecule has 0 fully saturated rings. The number of methoxy groups -OCH3 is 1. The van der Waals surface area contributed by atoms with E-state index in [4.69, 9.17) is 9.47 Å². The second kappa shape index (κ2) is 8.29. The lowest BCUT2D eigenvalue weighted by atomic mass is 10.3. The molecule has 0 saturated heterocycles. The van der Waals surface area contributed by atoms with Crippen LogP contribution in [-0.2, 0) is 17.8 Å². The molecule has 1 amide bonds. The lowest BCUT2D eigenvalue weighted by Crippen LogP contribution is -2.20. The van der Waals surface area contributed by atoms with Crippen molar-refractivity contribution in [2.24, 2.45) is 4.99 Å². The number of thiazole rings is 1. The van der Waals surface area contributed by atoms with Gasteiger partial charge in [-0.15, -0.1) is 0 Å². The van der Waals surface area contributed by atoms with Gasteiger partial charge >= 0.3 is 0 Å². The van der Waals surface area contributed by atoms with Crippen LogP contribution in [0.25, 0.3) is 10.2 Å². The van der Waals surface area contributed by atoms with Crippen molar-refractivity contribution in [3.8, 4) is 5.75 Å². The molecule has 0 aliphatic carbocycles. The van der Waals surface area contributed by atoms with Gasteiger partial charge in [0, 0.05) is 26.4 Å². The third-order valence-electron chi connectivity index (χ3n) is 3.92. The first-order valence-electron chi connectivity index (χ1n) is 8.54. The van der Waals surface area contributed by atoms with Crippen LogP contribution in [0.15, 0.2) is 35.5 Å². The van der Waals surface area contributed by atoms with E-state index in [0.29, 0.717) is 36.8 Å². The van der Waals surface area contributed by atoms with E-state index >= 15 is 0 Å². The molecular weight excluding hydrogens is 352 g/mol. The molecule has 1 aromatic carbocycles. The van der Waals surface area contributed by atoms with E-state index < -0.39 is 0 Å². The fourth-order valence-corrected chi connectivity index (χ4v) is 3.79. The highest BCUT2D eigenvalue weighted by Gasteiger charge is 2.13. The fraction of sp³-hybridized carbons (Fsp3) is 0.389. The predicted octanol–water partition coefficient (Wildman–Crippen LogP) is 2.71. The number of fused-ring (bicyclic) bond motifs is 1. The molecule has 0 aliphatic rings. The molecule has 26 heavy (non-hydrogen) atoms. The maximum atomic E-state index is 12.6. The molecule has 0 unspecified atom stereocenters. The standard InChI is InChI=1S/C18H22N4O3S/c1-4-22-15(8-9-19-22)17(23)20-18-21(10-11-24-3)14-7-6-13(25-5-2)12-16(14)26-18/h6-9,12H,4-5,10-11H2,1-3H3. The topological polar surface area (TPSA) is 70.6 Å². The van der Waals surface area contributed by atoms with E-state index in [1.807, 2.05) is 36.6 Å². The third-order valence-corrected chi connectivity index (χ3v) is 4.96. The summed E-state index contributed by atoms with van der Waals surface area (Å²) in [4.78, 5) is 17.6. The minimum atomic E-state index is -0.299. The summed E-state index contributed by atoms with van der Waals surface area (Å²) in [6.07, 6.45) is 1.62. The van der Waals surface area contributed by atoms with Gasteiger partial charge in [0.05, 0.1) is 23.4 Å². The van der Waals surface area contributed by atoms with Crippen LogP contribution in [0.1, 0.15) is 24.3 Å². The second-order valence-electron chi connectivity index (χ2n) is 5.54. The Morgan fingerprint density at radius 2 is 2.15 bits per heavy atom. The first-order valence-corrected chi connectivity index (χ1v) is 9.35. The Hall–Kier alpha value is -2.45. The number of amides is 1. The van der Waals surface area contributed by atoms with Crippen LogP contribution in [0.4, 0.5) is 0 Å². The van der Waals surface area contributed by atoms with Gasteiger partial charge in [0.2, 0.25) is 0 Å². The molecule has 8 heteroatoms. The number of rotatable bonds is 7. The number of benzene rings is 1. The van der Waals surface area contributed by atoms with Crippen LogP contribution in [0.2, 0.25) is 0 Å². The Bertz CT molecular complexity index is 970. The van der Waals surface area contributed by atoms with Gasteiger partial charge in [-0.3, -0.25) is 9.48 Å². The molecule has 3 rings (SSSR count). The molecule has 0 bridgehead atoms. The third kappa shape index (κ3) is 3.71.